The van der Waals surface area contributed by atoms with Crippen molar-refractivity contribution in [3.63, 3.8) is 0 Å². The van der Waals surface area contributed by atoms with Gasteiger partial charge in [-0.25, -0.2) is 0 Å². The van der Waals surface area contributed by atoms with Crippen molar-refractivity contribution < 1.29 is 0 Å². The SMILES string of the molecule is CCC1CNCCN1c1ccc(N2CCCCC2)cc1. The maximum Gasteiger partial charge on any atom is 0.0412 e. The molecule has 20 heavy (non-hydrogen) atoms. The van der Waals surface area contributed by atoms with Gasteiger partial charge in [-0.1, -0.05) is 6.92 Å². The lowest BCUT2D eigenvalue weighted by molar-refractivity contribution is 0.466. The Kier molecular flexibility index (Phi) is 4.46. The summed E-state index contributed by atoms with van der Waals surface area (Å²) in [6, 6.07) is 9.91. The third-order valence-electron chi connectivity index (χ3n) is 4.72. The monoisotopic (exact) mass is 273 g/mol. The van der Waals surface area contributed by atoms with Gasteiger partial charge in [0.1, 0.15) is 0 Å². The number of nitrogens with zero attached hydrogens (tertiary/aromatic N) is 2. The van der Waals surface area contributed by atoms with Crippen LogP contribution in [0, 0.1) is 0 Å². The zero-order valence-corrected chi connectivity index (χ0v) is 12.6. The van der Waals surface area contributed by atoms with Gasteiger partial charge in [0.05, 0.1) is 0 Å². The first-order valence-corrected chi connectivity index (χ1v) is 8.21. The molecule has 2 fully saturated rings. The number of hydrogen-bond acceptors (Lipinski definition) is 3. The van der Waals surface area contributed by atoms with Crippen molar-refractivity contribution >= 4 is 11.4 Å². The zero-order valence-electron chi connectivity index (χ0n) is 12.6. The van der Waals surface area contributed by atoms with E-state index in [0.717, 1.165) is 19.6 Å². The first-order chi connectivity index (χ1) is 9.88. The Morgan fingerprint density at radius 1 is 1.00 bits per heavy atom. The summed E-state index contributed by atoms with van der Waals surface area (Å²) in [5.41, 5.74) is 2.79. The van der Waals surface area contributed by atoms with Gasteiger partial charge in [-0.05, 0) is 49.9 Å². The molecule has 0 saturated carbocycles. The number of rotatable bonds is 3. The fraction of sp³-hybridized carbons (Fsp3) is 0.647. The van der Waals surface area contributed by atoms with Gasteiger partial charge in [0.25, 0.3) is 0 Å². The van der Waals surface area contributed by atoms with Crippen molar-refractivity contribution in [2.45, 2.75) is 38.6 Å². The highest BCUT2D eigenvalue weighted by Gasteiger charge is 2.20. The van der Waals surface area contributed by atoms with E-state index < -0.39 is 0 Å². The molecule has 1 atom stereocenters. The Labute approximate surface area is 123 Å². The molecule has 2 heterocycles. The van der Waals surface area contributed by atoms with Crippen LogP contribution in [0.15, 0.2) is 24.3 Å². The van der Waals surface area contributed by atoms with E-state index in [2.05, 4.69) is 46.3 Å². The largest absolute Gasteiger partial charge is 0.372 e. The summed E-state index contributed by atoms with van der Waals surface area (Å²) in [6.07, 6.45) is 5.29. The summed E-state index contributed by atoms with van der Waals surface area (Å²) in [5, 5.41) is 3.50. The summed E-state index contributed by atoms with van der Waals surface area (Å²) < 4.78 is 0. The van der Waals surface area contributed by atoms with Gasteiger partial charge in [0, 0.05) is 50.1 Å². The van der Waals surface area contributed by atoms with Crippen LogP contribution in [0.5, 0.6) is 0 Å². The Morgan fingerprint density at radius 3 is 2.40 bits per heavy atom. The van der Waals surface area contributed by atoms with Crippen LogP contribution in [0.2, 0.25) is 0 Å². The minimum atomic E-state index is 0.643. The molecule has 1 aromatic carbocycles. The summed E-state index contributed by atoms with van der Waals surface area (Å²) in [4.78, 5) is 5.10. The topological polar surface area (TPSA) is 18.5 Å². The van der Waals surface area contributed by atoms with Gasteiger partial charge < -0.3 is 15.1 Å². The van der Waals surface area contributed by atoms with Crippen LogP contribution in [0.25, 0.3) is 0 Å². The third kappa shape index (κ3) is 2.93. The molecular formula is C17H27N3. The molecule has 0 bridgehead atoms. The van der Waals surface area contributed by atoms with E-state index in [-0.39, 0.29) is 0 Å². The van der Waals surface area contributed by atoms with Gasteiger partial charge in [0.2, 0.25) is 0 Å². The van der Waals surface area contributed by atoms with Crippen molar-refractivity contribution in [3.05, 3.63) is 24.3 Å². The molecule has 3 rings (SSSR count). The second-order valence-electron chi connectivity index (χ2n) is 6.02. The predicted octanol–water partition coefficient (Wildman–Crippen LogP) is 2.87. The van der Waals surface area contributed by atoms with Crippen LogP contribution in [-0.4, -0.2) is 38.8 Å². The lowest BCUT2D eigenvalue weighted by atomic mass is 10.1. The average molecular weight is 273 g/mol. The molecule has 0 radical (unpaired) electrons. The van der Waals surface area contributed by atoms with Gasteiger partial charge in [0.15, 0.2) is 0 Å². The highest BCUT2D eigenvalue weighted by Crippen LogP contribution is 2.25. The smallest absolute Gasteiger partial charge is 0.0412 e. The van der Waals surface area contributed by atoms with Gasteiger partial charge in [-0.3, -0.25) is 0 Å². The van der Waals surface area contributed by atoms with Crippen LogP contribution in [0.4, 0.5) is 11.4 Å². The molecule has 1 N–H and O–H groups in total. The second kappa shape index (κ2) is 6.49. The highest BCUT2D eigenvalue weighted by atomic mass is 15.2. The second-order valence-corrected chi connectivity index (χ2v) is 6.02. The molecule has 1 aromatic rings. The number of nitrogens with one attached hydrogen (secondary N) is 1. The predicted molar refractivity (Wildman–Crippen MR) is 86.8 cm³/mol. The molecule has 0 aromatic heterocycles. The van der Waals surface area contributed by atoms with E-state index in [1.165, 1.54) is 50.1 Å². The molecule has 1 unspecified atom stereocenters. The number of benzene rings is 1. The summed E-state index contributed by atoms with van der Waals surface area (Å²) >= 11 is 0. The van der Waals surface area contributed by atoms with Crippen molar-refractivity contribution in [2.75, 3.05) is 42.5 Å². The molecule has 0 amide bonds. The summed E-state index contributed by atoms with van der Waals surface area (Å²) in [6.45, 7) is 8.08. The van der Waals surface area contributed by atoms with Crippen molar-refractivity contribution in [1.82, 2.24) is 5.32 Å². The van der Waals surface area contributed by atoms with E-state index in [4.69, 9.17) is 0 Å². The fourth-order valence-corrected chi connectivity index (χ4v) is 3.47. The third-order valence-corrected chi connectivity index (χ3v) is 4.72. The average Bonchev–Trinajstić information content (AvgIpc) is 2.56. The van der Waals surface area contributed by atoms with Crippen molar-refractivity contribution in [1.29, 1.82) is 0 Å². The van der Waals surface area contributed by atoms with Crippen LogP contribution >= 0.6 is 0 Å². The first-order valence-electron chi connectivity index (χ1n) is 8.21. The zero-order chi connectivity index (χ0) is 13.8. The molecule has 0 spiro atoms. The number of hydrogen-bond donors (Lipinski definition) is 1. The molecule has 3 heteroatoms. The van der Waals surface area contributed by atoms with E-state index in [1.807, 2.05) is 0 Å². The Balaban J connectivity index is 1.71. The van der Waals surface area contributed by atoms with E-state index in [0.29, 0.717) is 6.04 Å². The van der Waals surface area contributed by atoms with Crippen molar-refractivity contribution in [3.8, 4) is 0 Å². The van der Waals surface area contributed by atoms with Gasteiger partial charge in [-0.15, -0.1) is 0 Å². The maximum absolute atomic E-state index is 3.50. The van der Waals surface area contributed by atoms with E-state index in [1.54, 1.807) is 0 Å². The van der Waals surface area contributed by atoms with Crippen LogP contribution < -0.4 is 15.1 Å². The van der Waals surface area contributed by atoms with Gasteiger partial charge >= 0.3 is 0 Å². The summed E-state index contributed by atoms with van der Waals surface area (Å²) in [7, 11) is 0. The minimum absolute atomic E-state index is 0.643. The highest BCUT2D eigenvalue weighted by molar-refractivity contribution is 5.57. The Bertz CT molecular complexity index is 409. The number of anilines is 2. The molecule has 2 aliphatic rings. The fourth-order valence-electron chi connectivity index (χ4n) is 3.47. The first kappa shape index (κ1) is 13.7. The minimum Gasteiger partial charge on any atom is -0.372 e. The number of piperidine rings is 1. The van der Waals surface area contributed by atoms with E-state index >= 15 is 0 Å². The quantitative estimate of drug-likeness (QED) is 0.913. The Morgan fingerprint density at radius 2 is 1.70 bits per heavy atom. The van der Waals surface area contributed by atoms with E-state index in [9.17, 15) is 0 Å². The normalized spacial score (nSPS) is 23.9. The standard InChI is InChI=1S/C17H27N3/c1-2-15-14-18-10-13-20(15)17-8-6-16(7-9-17)19-11-4-3-5-12-19/h6-9,15,18H,2-5,10-14H2,1H3. The molecule has 3 nitrogen and oxygen atoms in total. The molecular weight excluding hydrogens is 246 g/mol. The Hall–Kier alpha value is -1.22. The molecule has 110 valence electrons. The van der Waals surface area contributed by atoms with Gasteiger partial charge in [-0.2, -0.15) is 0 Å². The molecule has 2 aliphatic heterocycles. The number of piperazine rings is 1. The maximum atomic E-state index is 3.50. The van der Waals surface area contributed by atoms with Crippen LogP contribution in [-0.2, 0) is 0 Å². The molecule has 0 aliphatic carbocycles. The summed E-state index contributed by atoms with van der Waals surface area (Å²) in [5.74, 6) is 0. The van der Waals surface area contributed by atoms with Crippen LogP contribution in [0.1, 0.15) is 32.6 Å². The molecule has 2 saturated heterocycles. The van der Waals surface area contributed by atoms with Crippen LogP contribution in [0.3, 0.4) is 0 Å². The lowest BCUT2D eigenvalue weighted by Gasteiger charge is -2.38. The lowest BCUT2D eigenvalue weighted by Crippen LogP contribution is -2.51. The van der Waals surface area contributed by atoms with Crippen molar-refractivity contribution in [2.24, 2.45) is 0 Å².